The number of aromatic nitrogens is 1. The van der Waals surface area contributed by atoms with E-state index in [1.807, 2.05) is 0 Å². The Bertz CT molecular complexity index is 625. The predicted molar refractivity (Wildman–Crippen MR) is 73.9 cm³/mol. The molecule has 1 heterocycles. The lowest BCUT2D eigenvalue weighted by Gasteiger charge is -2.08. The van der Waals surface area contributed by atoms with Gasteiger partial charge < -0.3 is 20.9 Å². The van der Waals surface area contributed by atoms with Crippen LogP contribution in [0, 0.1) is 6.92 Å². The molecule has 0 unspecified atom stereocenters. The van der Waals surface area contributed by atoms with Crippen molar-refractivity contribution >= 4 is 28.1 Å². The van der Waals surface area contributed by atoms with E-state index in [9.17, 15) is 9.90 Å². The summed E-state index contributed by atoms with van der Waals surface area (Å²) >= 11 is 1.10. The Morgan fingerprint density at radius 2 is 2.26 bits per heavy atom. The molecule has 2 aromatic rings. The fourth-order valence-corrected chi connectivity index (χ4v) is 2.28. The summed E-state index contributed by atoms with van der Waals surface area (Å²) in [4.78, 5) is 16.4. The summed E-state index contributed by atoms with van der Waals surface area (Å²) in [5.41, 5.74) is 6.41. The van der Waals surface area contributed by atoms with Gasteiger partial charge in [-0.3, -0.25) is 4.79 Å². The van der Waals surface area contributed by atoms with Gasteiger partial charge in [-0.1, -0.05) is 11.3 Å². The molecule has 0 fully saturated rings. The highest BCUT2D eigenvalue weighted by Crippen LogP contribution is 2.29. The second kappa shape index (κ2) is 5.15. The van der Waals surface area contributed by atoms with Gasteiger partial charge >= 0.3 is 0 Å². The maximum atomic E-state index is 12.0. The number of carbonyl (C=O) groups is 1. The van der Waals surface area contributed by atoms with Crippen molar-refractivity contribution in [1.29, 1.82) is 0 Å². The molecule has 0 saturated heterocycles. The third-order valence-corrected chi connectivity index (χ3v) is 3.46. The molecule has 0 spiro atoms. The van der Waals surface area contributed by atoms with Crippen molar-refractivity contribution in [2.75, 3.05) is 18.2 Å². The van der Waals surface area contributed by atoms with Gasteiger partial charge in [-0.2, -0.15) is 0 Å². The number of nitrogens with one attached hydrogen (secondary N) is 1. The summed E-state index contributed by atoms with van der Waals surface area (Å²) in [6, 6.07) is 4.62. The smallest absolute Gasteiger partial charge is 0.267 e. The molecule has 0 bridgehead atoms. The Kier molecular flexibility index (Phi) is 3.57. The number of hydrogen-bond acceptors (Lipinski definition) is 6. The van der Waals surface area contributed by atoms with Gasteiger partial charge in [0.2, 0.25) is 0 Å². The first-order valence-electron chi connectivity index (χ1n) is 5.42. The van der Waals surface area contributed by atoms with E-state index in [1.54, 1.807) is 19.1 Å². The van der Waals surface area contributed by atoms with Crippen molar-refractivity contribution in [3.05, 3.63) is 28.8 Å². The fraction of sp³-hybridized carbons (Fsp3) is 0.167. The lowest BCUT2D eigenvalue weighted by atomic mass is 10.2. The number of phenols is 1. The molecule has 0 aliphatic heterocycles. The van der Waals surface area contributed by atoms with Crippen LogP contribution in [-0.2, 0) is 0 Å². The standard InChI is InChI=1S/C12H13N3O3S/c1-6-10(19-12(13)14-6)11(17)15-8-4-3-7(18-2)5-9(8)16/h3-5,16H,1-2H3,(H2,13,14)(H,15,17). The molecule has 1 aromatic heterocycles. The fourth-order valence-electron chi connectivity index (χ4n) is 1.55. The summed E-state index contributed by atoms with van der Waals surface area (Å²) < 4.78 is 4.96. The van der Waals surface area contributed by atoms with Crippen LogP contribution in [0.25, 0.3) is 0 Å². The number of amides is 1. The Labute approximate surface area is 113 Å². The van der Waals surface area contributed by atoms with Crippen LogP contribution in [0.15, 0.2) is 18.2 Å². The quantitative estimate of drug-likeness (QED) is 0.746. The van der Waals surface area contributed by atoms with Gasteiger partial charge in [0, 0.05) is 6.07 Å². The van der Waals surface area contributed by atoms with Gasteiger partial charge in [-0.05, 0) is 19.1 Å². The molecule has 0 aliphatic rings. The van der Waals surface area contributed by atoms with Crippen molar-refractivity contribution in [3.63, 3.8) is 0 Å². The number of nitrogen functional groups attached to an aromatic ring is 1. The van der Waals surface area contributed by atoms with E-state index in [0.29, 0.717) is 27.1 Å². The summed E-state index contributed by atoms with van der Waals surface area (Å²) in [7, 11) is 1.50. The summed E-state index contributed by atoms with van der Waals surface area (Å²) in [6.07, 6.45) is 0. The van der Waals surface area contributed by atoms with E-state index in [0.717, 1.165) is 11.3 Å². The van der Waals surface area contributed by atoms with Gasteiger partial charge in [0.1, 0.15) is 16.4 Å². The van der Waals surface area contributed by atoms with Crippen LogP contribution < -0.4 is 15.8 Å². The Morgan fingerprint density at radius 1 is 1.53 bits per heavy atom. The highest BCUT2D eigenvalue weighted by molar-refractivity contribution is 7.17. The molecule has 1 amide bonds. The third-order valence-electron chi connectivity index (χ3n) is 2.47. The number of carbonyl (C=O) groups excluding carboxylic acids is 1. The minimum Gasteiger partial charge on any atom is -0.506 e. The van der Waals surface area contributed by atoms with Gasteiger partial charge in [0.05, 0.1) is 18.5 Å². The van der Waals surface area contributed by atoms with Crippen LogP contribution in [-0.4, -0.2) is 23.1 Å². The number of nitrogens with zero attached hydrogens (tertiary/aromatic N) is 1. The van der Waals surface area contributed by atoms with Gasteiger partial charge in [-0.25, -0.2) is 4.98 Å². The molecule has 6 nitrogen and oxygen atoms in total. The van der Waals surface area contributed by atoms with Crippen molar-refractivity contribution in [2.45, 2.75) is 6.92 Å². The first-order valence-corrected chi connectivity index (χ1v) is 6.24. The van der Waals surface area contributed by atoms with E-state index in [-0.39, 0.29) is 11.7 Å². The molecule has 7 heteroatoms. The number of benzene rings is 1. The number of rotatable bonds is 3. The van der Waals surface area contributed by atoms with Crippen LogP contribution in [0.1, 0.15) is 15.4 Å². The number of methoxy groups -OCH3 is 1. The van der Waals surface area contributed by atoms with Crippen LogP contribution >= 0.6 is 11.3 Å². The average Bonchev–Trinajstić information content (AvgIpc) is 2.71. The Balaban J connectivity index is 2.22. The first kappa shape index (κ1) is 13.2. The normalized spacial score (nSPS) is 10.2. The lowest BCUT2D eigenvalue weighted by Crippen LogP contribution is -2.11. The van der Waals surface area contributed by atoms with E-state index < -0.39 is 0 Å². The zero-order valence-corrected chi connectivity index (χ0v) is 11.2. The van der Waals surface area contributed by atoms with E-state index in [4.69, 9.17) is 10.5 Å². The number of nitrogens with two attached hydrogens (primary N) is 1. The number of thiazole rings is 1. The minimum absolute atomic E-state index is 0.0668. The van der Waals surface area contributed by atoms with Crippen molar-refractivity contribution in [1.82, 2.24) is 4.98 Å². The largest absolute Gasteiger partial charge is 0.506 e. The summed E-state index contributed by atoms with van der Waals surface area (Å²) in [5.74, 6) is 0.0868. The highest BCUT2D eigenvalue weighted by atomic mass is 32.1. The molecule has 1 aromatic carbocycles. The number of phenolic OH excluding ortho intramolecular Hbond substituents is 1. The minimum atomic E-state index is -0.354. The van der Waals surface area contributed by atoms with Crippen LogP contribution in [0.2, 0.25) is 0 Å². The molecule has 0 radical (unpaired) electrons. The van der Waals surface area contributed by atoms with Crippen LogP contribution in [0.3, 0.4) is 0 Å². The SMILES string of the molecule is COc1ccc(NC(=O)c2sc(N)nc2C)c(O)c1. The van der Waals surface area contributed by atoms with Crippen molar-refractivity contribution in [2.24, 2.45) is 0 Å². The molecule has 2 rings (SSSR count). The highest BCUT2D eigenvalue weighted by Gasteiger charge is 2.15. The number of aromatic hydroxyl groups is 1. The van der Waals surface area contributed by atoms with Gasteiger partial charge in [-0.15, -0.1) is 0 Å². The number of hydrogen-bond donors (Lipinski definition) is 3. The average molecular weight is 279 g/mol. The maximum absolute atomic E-state index is 12.0. The Hall–Kier alpha value is -2.28. The number of aryl methyl sites for hydroxylation is 1. The maximum Gasteiger partial charge on any atom is 0.267 e. The molecule has 4 N–H and O–H groups in total. The van der Waals surface area contributed by atoms with Crippen molar-refractivity contribution in [3.8, 4) is 11.5 Å². The molecular formula is C12H13N3O3S. The molecular weight excluding hydrogens is 266 g/mol. The number of anilines is 2. The number of ether oxygens (including phenoxy) is 1. The van der Waals surface area contributed by atoms with Crippen LogP contribution in [0.5, 0.6) is 11.5 Å². The zero-order chi connectivity index (χ0) is 14.0. The topological polar surface area (TPSA) is 97.5 Å². The molecule has 0 atom stereocenters. The predicted octanol–water partition coefficient (Wildman–Crippen LogP) is 2.00. The summed E-state index contributed by atoms with van der Waals surface area (Å²) in [5, 5.41) is 12.7. The monoisotopic (exact) mass is 279 g/mol. The van der Waals surface area contributed by atoms with E-state index >= 15 is 0 Å². The summed E-state index contributed by atoms with van der Waals surface area (Å²) in [6.45, 7) is 1.70. The molecule has 0 aliphatic carbocycles. The van der Waals surface area contributed by atoms with Gasteiger partial charge in [0.15, 0.2) is 5.13 Å². The van der Waals surface area contributed by atoms with E-state index in [1.165, 1.54) is 13.2 Å². The first-order chi connectivity index (χ1) is 9.01. The zero-order valence-electron chi connectivity index (χ0n) is 10.4. The lowest BCUT2D eigenvalue weighted by molar-refractivity contribution is 0.102. The molecule has 0 saturated carbocycles. The van der Waals surface area contributed by atoms with Crippen molar-refractivity contribution < 1.29 is 14.6 Å². The second-order valence-electron chi connectivity index (χ2n) is 3.80. The second-order valence-corrected chi connectivity index (χ2v) is 4.83. The molecule has 19 heavy (non-hydrogen) atoms. The van der Waals surface area contributed by atoms with E-state index in [2.05, 4.69) is 10.3 Å². The van der Waals surface area contributed by atoms with Gasteiger partial charge in [0.25, 0.3) is 5.91 Å². The van der Waals surface area contributed by atoms with Crippen LogP contribution in [0.4, 0.5) is 10.8 Å². The Morgan fingerprint density at radius 3 is 2.79 bits per heavy atom. The third kappa shape index (κ3) is 2.76. The molecule has 100 valence electrons.